The first-order valence-electron chi connectivity index (χ1n) is 4.93. The van der Waals surface area contributed by atoms with Gasteiger partial charge in [0.1, 0.15) is 11.5 Å². The third-order valence-electron chi connectivity index (χ3n) is 2.31. The minimum absolute atomic E-state index is 0.132. The minimum atomic E-state index is -0.726. The van der Waals surface area contributed by atoms with Crippen LogP contribution in [0.2, 0.25) is 0 Å². The van der Waals surface area contributed by atoms with Gasteiger partial charge in [-0.2, -0.15) is 0 Å². The van der Waals surface area contributed by atoms with Gasteiger partial charge in [-0.1, -0.05) is 10.3 Å². The third kappa shape index (κ3) is 2.68. The Hall–Kier alpha value is -2.91. The second-order valence-corrected chi connectivity index (χ2v) is 3.47. The molecule has 0 atom stereocenters. The van der Waals surface area contributed by atoms with Gasteiger partial charge in [-0.3, -0.25) is 13.9 Å². The number of nitrogens with two attached hydrogens (primary N) is 1. The van der Waals surface area contributed by atoms with E-state index in [1.165, 1.54) is 14.1 Å². The lowest BCUT2D eigenvalue weighted by Gasteiger charge is -2.08. The fraction of sp³-hybridized carbons (Fsp3) is 0.222. The Morgan fingerprint density at radius 2 is 1.68 bits per heavy atom. The molecule has 1 aromatic heterocycles. The maximum Gasteiger partial charge on any atom is 0.332 e. The predicted octanol–water partition coefficient (Wildman–Crippen LogP) is -1.34. The normalized spacial score (nSPS) is 11.3. The van der Waals surface area contributed by atoms with Crippen LogP contribution in [-0.4, -0.2) is 37.7 Å². The fourth-order valence-electron chi connectivity index (χ4n) is 1.29. The molecule has 1 aromatic rings. The molecule has 19 heavy (non-hydrogen) atoms. The van der Waals surface area contributed by atoms with E-state index in [9.17, 15) is 9.59 Å². The van der Waals surface area contributed by atoms with Gasteiger partial charge >= 0.3 is 5.69 Å². The quantitative estimate of drug-likeness (QED) is 0.352. The first-order chi connectivity index (χ1) is 8.93. The van der Waals surface area contributed by atoms with Crippen LogP contribution in [0.5, 0.6) is 0 Å². The highest BCUT2D eigenvalue weighted by Gasteiger charge is 2.12. The molecule has 0 saturated heterocycles. The van der Waals surface area contributed by atoms with Gasteiger partial charge in [-0.15, -0.1) is 0 Å². The maximum atomic E-state index is 11.9. The fourth-order valence-corrected chi connectivity index (χ4v) is 1.29. The highest BCUT2D eigenvalue weighted by atomic mass is 16.4. The molecule has 1 heterocycles. The summed E-state index contributed by atoms with van der Waals surface area (Å²) in [5, 5.41) is 22.2. The van der Waals surface area contributed by atoms with E-state index in [2.05, 4.69) is 15.3 Å². The van der Waals surface area contributed by atoms with Crippen molar-refractivity contribution in [3.63, 3.8) is 0 Å². The largest absolute Gasteiger partial charge is 0.411 e. The molecule has 0 bridgehead atoms. The van der Waals surface area contributed by atoms with Crippen LogP contribution in [0.15, 0.2) is 24.9 Å². The standard InChI is InChI=1S/C9H12N6O4/c1-14-7(10)6(8(16)15(2)9(14)17)13-5(3-11-18)4-12-19/h3-4,18-19H,10H2,1-2H3/b11-3+,12-4+. The predicted molar refractivity (Wildman–Crippen MR) is 69.0 cm³/mol. The second-order valence-electron chi connectivity index (χ2n) is 3.47. The number of aliphatic imine (C=N–C) groups is 1. The zero-order valence-corrected chi connectivity index (χ0v) is 10.2. The molecular weight excluding hydrogens is 256 g/mol. The monoisotopic (exact) mass is 268 g/mol. The van der Waals surface area contributed by atoms with Crippen molar-refractivity contribution in [1.82, 2.24) is 9.13 Å². The van der Waals surface area contributed by atoms with Gasteiger partial charge in [-0.25, -0.2) is 9.79 Å². The van der Waals surface area contributed by atoms with Crippen molar-refractivity contribution in [2.75, 3.05) is 5.73 Å². The summed E-state index contributed by atoms with van der Waals surface area (Å²) in [5.41, 5.74) is 3.93. The lowest BCUT2D eigenvalue weighted by molar-refractivity contribution is 0.321. The number of hydrogen-bond acceptors (Lipinski definition) is 8. The van der Waals surface area contributed by atoms with Gasteiger partial charge in [0.2, 0.25) is 0 Å². The van der Waals surface area contributed by atoms with Gasteiger partial charge in [-0.05, 0) is 0 Å². The molecular formula is C9H12N6O4. The molecule has 102 valence electrons. The number of nitrogens with zero attached hydrogens (tertiary/aromatic N) is 5. The molecule has 0 amide bonds. The Balaban J connectivity index is 3.65. The van der Waals surface area contributed by atoms with Crippen molar-refractivity contribution in [3.8, 4) is 0 Å². The Labute approximate surface area is 106 Å². The average Bonchev–Trinajstić information content (AvgIpc) is 2.39. The lowest BCUT2D eigenvalue weighted by Crippen LogP contribution is -2.38. The Kier molecular flexibility index (Phi) is 4.19. The molecule has 0 spiro atoms. The Morgan fingerprint density at radius 1 is 1.16 bits per heavy atom. The van der Waals surface area contributed by atoms with E-state index in [-0.39, 0.29) is 17.2 Å². The molecule has 0 fully saturated rings. The molecule has 10 heteroatoms. The van der Waals surface area contributed by atoms with Crippen molar-refractivity contribution in [2.24, 2.45) is 29.4 Å². The summed E-state index contributed by atoms with van der Waals surface area (Å²) in [5.74, 6) is -0.164. The number of oxime groups is 2. The summed E-state index contributed by atoms with van der Waals surface area (Å²) < 4.78 is 1.85. The zero-order chi connectivity index (χ0) is 14.6. The van der Waals surface area contributed by atoms with E-state index >= 15 is 0 Å². The molecule has 0 aliphatic carbocycles. The number of anilines is 1. The number of rotatable bonds is 3. The third-order valence-corrected chi connectivity index (χ3v) is 2.31. The summed E-state index contributed by atoms with van der Waals surface area (Å²) in [6.45, 7) is 0. The van der Waals surface area contributed by atoms with Crippen LogP contribution in [0.4, 0.5) is 11.5 Å². The summed E-state index contributed by atoms with van der Waals surface area (Å²) in [7, 11) is 2.64. The van der Waals surface area contributed by atoms with Crippen LogP contribution in [0.3, 0.4) is 0 Å². The molecule has 0 radical (unpaired) electrons. The molecule has 0 aliphatic heterocycles. The van der Waals surface area contributed by atoms with Crippen molar-refractivity contribution in [2.45, 2.75) is 0 Å². The topological polar surface area (TPSA) is 148 Å². The van der Waals surface area contributed by atoms with Gasteiger partial charge < -0.3 is 16.1 Å². The Morgan fingerprint density at radius 3 is 2.16 bits per heavy atom. The lowest BCUT2D eigenvalue weighted by atomic mass is 10.4. The summed E-state index contributed by atoms with van der Waals surface area (Å²) in [4.78, 5) is 27.2. The SMILES string of the molecule is Cn1c(N)c(N=C(/C=N/O)/C=N/O)c(=O)n(C)c1=O. The zero-order valence-electron chi connectivity index (χ0n) is 10.2. The van der Waals surface area contributed by atoms with E-state index in [0.29, 0.717) is 0 Å². The molecule has 10 nitrogen and oxygen atoms in total. The highest BCUT2D eigenvalue weighted by Crippen LogP contribution is 2.13. The smallest absolute Gasteiger partial charge is 0.332 e. The van der Waals surface area contributed by atoms with Crippen LogP contribution in [0, 0.1) is 0 Å². The average molecular weight is 268 g/mol. The van der Waals surface area contributed by atoms with Crippen LogP contribution in [0.25, 0.3) is 0 Å². The van der Waals surface area contributed by atoms with E-state index in [4.69, 9.17) is 16.1 Å². The van der Waals surface area contributed by atoms with Crippen LogP contribution in [-0.2, 0) is 14.1 Å². The molecule has 0 unspecified atom stereocenters. The van der Waals surface area contributed by atoms with Gasteiger partial charge in [0.05, 0.1) is 12.4 Å². The second kappa shape index (κ2) is 5.62. The summed E-state index contributed by atoms with van der Waals surface area (Å²) in [6, 6.07) is 0. The summed E-state index contributed by atoms with van der Waals surface area (Å²) in [6.07, 6.45) is 1.67. The first-order valence-corrected chi connectivity index (χ1v) is 4.93. The first kappa shape index (κ1) is 14.2. The molecule has 4 N–H and O–H groups in total. The van der Waals surface area contributed by atoms with Gasteiger partial charge in [0.15, 0.2) is 5.69 Å². The number of nitrogen functional groups attached to an aromatic ring is 1. The number of aromatic nitrogens is 2. The van der Waals surface area contributed by atoms with Crippen LogP contribution < -0.4 is 17.0 Å². The highest BCUT2D eigenvalue weighted by molar-refractivity contribution is 6.56. The summed E-state index contributed by atoms with van der Waals surface area (Å²) >= 11 is 0. The van der Waals surface area contributed by atoms with E-state index in [1.807, 2.05) is 0 Å². The molecule has 0 aliphatic rings. The van der Waals surface area contributed by atoms with E-state index in [1.54, 1.807) is 0 Å². The maximum absolute atomic E-state index is 11.9. The van der Waals surface area contributed by atoms with Crippen molar-refractivity contribution in [3.05, 3.63) is 20.8 Å². The van der Waals surface area contributed by atoms with Crippen LogP contribution >= 0.6 is 0 Å². The molecule has 1 rings (SSSR count). The minimum Gasteiger partial charge on any atom is -0.411 e. The van der Waals surface area contributed by atoms with Crippen molar-refractivity contribution >= 4 is 29.6 Å². The van der Waals surface area contributed by atoms with E-state index < -0.39 is 11.2 Å². The molecule has 0 saturated carbocycles. The van der Waals surface area contributed by atoms with Crippen molar-refractivity contribution in [1.29, 1.82) is 0 Å². The molecule has 0 aromatic carbocycles. The van der Waals surface area contributed by atoms with Gasteiger partial charge in [0.25, 0.3) is 5.56 Å². The number of hydrogen-bond donors (Lipinski definition) is 3. The van der Waals surface area contributed by atoms with Gasteiger partial charge in [0, 0.05) is 14.1 Å². The Bertz CT molecular complexity index is 667. The van der Waals surface area contributed by atoms with Crippen molar-refractivity contribution < 1.29 is 10.4 Å². The van der Waals surface area contributed by atoms with Crippen LogP contribution in [0.1, 0.15) is 0 Å². The van der Waals surface area contributed by atoms with E-state index in [0.717, 1.165) is 21.6 Å².